The Hall–Kier alpha value is -2.82. The van der Waals surface area contributed by atoms with E-state index in [1.54, 1.807) is 6.07 Å². The van der Waals surface area contributed by atoms with Gasteiger partial charge in [-0.2, -0.15) is 0 Å². The first-order valence-corrected chi connectivity index (χ1v) is 9.48. The van der Waals surface area contributed by atoms with Gasteiger partial charge in [0.1, 0.15) is 5.82 Å². The van der Waals surface area contributed by atoms with Gasteiger partial charge in [0.2, 0.25) is 0 Å². The molecule has 0 saturated carbocycles. The van der Waals surface area contributed by atoms with Gasteiger partial charge in [0.05, 0.1) is 30.2 Å². The Morgan fingerprint density at radius 1 is 0.964 bits per heavy atom. The molecule has 0 amide bonds. The Bertz CT molecular complexity index is 923. The number of halogens is 1. The molecule has 0 aromatic heterocycles. The molecular weight excluding hydrogens is 351 g/mol. The molecule has 0 aliphatic carbocycles. The molecule has 4 rings (SSSR count). The fourth-order valence-corrected chi connectivity index (χ4v) is 3.52. The molecule has 0 bridgehead atoms. The van der Waals surface area contributed by atoms with E-state index < -0.39 is 5.54 Å². The monoisotopic (exact) mass is 374 g/mol. The number of ether oxygens (including phenoxy) is 1. The summed E-state index contributed by atoms with van der Waals surface area (Å²) in [6.45, 7) is 3.73. The first kappa shape index (κ1) is 18.5. The molecule has 1 unspecified atom stereocenters. The number of hydrogen-bond donors (Lipinski definition) is 1. The number of aliphatic imine (C=N–C) groups is 1. The van der Waals surface area contributed by atoms with Crippen molar-refractivity contribution in [2.24, 2.45) is 4.99 Å². The van der Waals surface area contributed by atoms with Crippen LogP contribution in [-0.4, -0.2) is 25.5 Å². The fourth-order valence-electron chi connectivity index (χ4n) is 3.52. The second-order valence-electron chi connectivity index (χ2n) is 7.17. The van der Waals surface area contributed by atoms with E-state index in [0.29, 0.717) is 31.0 Å². The van der Waals surface area contributed by atoms with Crippen LogP contribution in [0.2, 0.25) is 0 Å². The smallest absolute Gasteiger partial charge is 0.128 e. The minimum Gasteiger partial charge on any atom is -0.378 e. The van der Waals surface area contributed by atoms with Gasteiger partial charge in [-0.1, -0.05) is 60.7 Å². The second-order valence-corrected chi connectivity index (χ2v) is 7.17. The predicted octanol–water partition coefficient (Wildman–Crippen LogP) is 4.83. The van der Waals surface area contributed by atoms with Crippen LogP contribution in [-0.2, 0) is 10.3 Å². The van der Waals surface area contributed by atoms with Crippen LogP contribution in [0.1, 0.15) is 23.6 Å². The maximum atomic E-state index is 14.6. The van der Waals surface area contributed by atoms with Crippen molar-refractivity contribution in [1.82, 2.24) is 5.32 Å². The van der Waals surface area contributed by atoms with Crippen LogP contribution in [0.5, 0.6) is 0 Å². The lowest BCUT2D eigenvalue weighted by Crippen LogP contribution is -2.49. The number of benzene rings is 3. The van der Waals surface area contributed by atoms with Crippen LogP contribution in [0.3, 0.4) is 0 Å². The lowest BCUT2D eigenvalue weighted by molar-refractivity contribution is 0.0323. The third-order valence-electron chi connectivity index (χ3n) is 5.03. The average molecular weight is 374 g/mol. The molecule has 1 aliphatic heterocycles. The summed E-state index contributed by atoms with van der Waals surface area (Å²) in [5.74, 6) is -0.250. The van der Waals surface area contributed by atoms with Gasteiger partial charge in [-0.15, -0.1) is 0 Å². The maximum Gasteiger partial charge on any atom is 0.128 e. The molecule has 3 aromatic carbocycles. The molecule has 3 nitrogen and oxygen atoms in total. The van der Waals surface area contributed by atoms with Crippen LogP contribution in [0.25, 0.3) is 0 Å². The van der Waals surface area contributed by atoms with Crippen LogP contribution < -0.4 is 5.32 Å². The first-order chi connectivity index (χ1) is 13.7. The van der Waals surface area contributed by atoms with Crippen molar-refractivity contribution in [3.05, 3.63) is 101 Å². The Balaban J connectivity index is 1.80. The molecule has 4 heteroatoms. The third-order valence-corrected chi connectivity index (χ3v) is 5.03. The summed E-state index contributed by atoms with van der Waals surface area (Å²) < 4.78 is 20.2. The largest absolute Gasteiger partial charge is 0.378 e. The summed E-state index contributed by atoms with van der Waals surface area (Å²) in [5, 5.41) is 3.38. The molecular formula is C24H23FN2O. The Morgan fingerprint density at radius 2 is 1.61 bits per heavy atom. The molecule has 142 valence electrons. The number of morpholine rings is 1. The van der Waals surface area contributed by atoms with Crippen molar-refractivity contribution in [3.8, 4) is 0 Å². The number of nitrogens with one attached hydrogen (secondary N) is 1. The highest BCUT2D eigenvalue weighted by molar-refractivity contribution is 6.13. The van der Waals surface area contributed by atoms with E-state index in [0.717, 1.165) is 16.8 Å². The minimum atomic E-state index is -0.562. The van der Waals surface area contributed by atoms with Gasteiger partial charge >= 0.3 is 0 Å². The van der Waals surface area contributed by atoms with Crippen LogP contribution in [0.15, 0.2) is 83.9 Å². The number of nitrogens with zero attached hydrogens (tertiary/aromatic N) is 1. The molecule has 28 heavy (non-hydrogen) atoms. The molecule has 3 aromatic rings. The number of hydrogen-bond acceptors (Lipinski definition) is 3. The standard InChI is InChI=1S/C24H23FN2O/c1-24(17-28-15-14-26-24)21-16-20(12-13-22(21)25)27-23(18-8-4-2-5-9-18)19-10-6-3-7-11-19/h2-13,16,26H,14-15,17H2,1H3. The van der Waals surface area contributed by atoms with Gasteiger partial charge in [0.25, 0.3) is 0 Å². The van der Waals surface area contributed by atoms with Crippen molar-refractivity contribution in [1.29, 1.82) is 0 Å². The zero-order valence-electron chi connectivity index (χ0n) is 15.9. The molecule has 1 saturated heterocycles. The number of rotatable bonds is 4. The third kappa shape index (κ3) is 3.88. The highest BCUT2D eigenvalue weighted by Gasteiger charge is 2.32. The summed E-state index contributed by atoms with van der Waals surface area (Å²) >= 11 is 0. The Labute approximate surface area is 164 Å². The maximum absolute atomic E-state index is 14.6. The van der Waals surface area contributed by atoms with Crippen molar-refractivity contribution in [3.63, 3.8) is 0 Å². The second kappa shape index (κ2) is 8.05. The van der Waals surface area contributed by atoms with E-state index >= 15 is 0 Å². The molecule has 1 N–H and O–H groups in total. The quantitative estimate of drug-likeness (QED) is 0.664. The molecule has 1 atom stereocenters. The molecule has 1 aliphatic rings. The Kier molecular flexibility index (Phi) is 5.33. The summed E-state index contributed by atoms with van der Waals surface area (Å²) in [5.41, 5.74) is 3.63. The van der Waals surface area contributed by atoms with Gasteiger partial charge in [-0.05, 0) is 25.1 Å². The van der Waals surface area contributed by atoms with Gasteiger partial charge in [-0.25, -0.2) is 9.38 Å². The minimum absolute atomic E-state index is 0.250. The van der Waals surface area contributed by atoms with E-state index in [1.165, 1.54) is 6.07 Å². The highest BCUT2D eigenvalue weighted by atomic mass is 19.1. The zero-order valence-corrected chi connectivity index (χ0v) is 15.9. The van der Waals surface area contributed by atoms with Gasteiger partial charge < -0.3 is 10.1 Å². The lowest BCUT2D eigenvalue weighted by Gasteiger charge is -2.35. The average Bonchev–Trinajstić information content (AvgIpc) is 2.75. The van der Waals surface area contributed by atoms with Gasteiger partial charge in [0.15, 0.2) is 0 Å². The van der Waals surface area contributed by atoms with Crippen LogP contribution in [0, 0.1) is 5.82 Å². The van der Waals surface area contributed by atoms with Crippen LogP contribution in [0.4, 0.5) is 10.1 Å². The van der Waals surface area contributed by atoms with E-state index in [-0.39, 0.29) is 5.82 Å². The van der Waals surface area contributed by atoms with E-state index in [4.69, 9.17) is 9.73 Å². The van der Waals surface area contributed by atoms with E-state index in [9.17, 15) is 4.39 Å². The lowest BCUT2D eigenvalue weighted by atomic mass is 9.91. The zero-order chi connectivity index (χ0) is 19.4. The molecule has 1 fully saturated rings. The van der Waals surface area contributed by atoms with Crippen molar-refractivity contribution in [2.45, 2.75) is 12.5 Å². The topological polar surface area (TPSA) is 33.6 Å². The summed E-state index contributed by atoms with van der Waals surface area (Å²) in [6, 6.07) is 25.1. The van der Waals surface area contributed by atoms with Crippen molar-refractivity contribution >= 4 is 11.4 Å². The summed E-state index contributed by atoms with van der Waals surface area (Å²) in [6.07, 6.45) is 0. The molecule has 1 heterocycles. The van der Waals surface area contributed by atoms with Crippen molar-refractivity contribution in [2.75, 3.05) is 19.8 Å². The van der Waals surface area contributed by atoms with Crippen molar-refractivity contribution < 1.29 is 9.13 Å². The normalized spacial score (nSPS) is 19.2. The fraction of sp³-hybridized carbons (Fsp3) is 0.208. The molecule has 0 radical (unpaired) electrons. The van der Waals surface area contributed by atoms with Gasteiger partial charge in [-0.3, -0.25) is 0 Å². The van der Waals surface area contributed by atoms with E-state index in [2.05, 4.69) is 5.32 Å². The predicted molar refractivity (Wildman–Crippen MR) is 111 cm³/mol. The molecule has 0 spiro atoms. The summed E-state index contributed by atoms with van der Waals surface area (Å²) in [4.78, 5) is 4.91. The Morgan fingerprint density at radius 3 is 2.18 bits per heavy atom. The highest BCUT2D eigenvalue weighted by Crippen LogP contribution is 2.30. The van der Waals surface area contributed by atoms with Gasteiger partial charge in [0, 0.05) is 23.2 Å². The summed E-state index contributed by atoms with van der Waals surface area (Å²) in [7, 11) is 0. The first-order valence-electron chi connectivity index (χ1n) is 9.48. The van der Waals surface area contributed by atoms with E-state index in [1.807, 2.05) is 73.7 Å². The SMILES string of the molecule is CC1(c2cc(N=C(c3ccccc3)c3ccccc3)ccc2F)COCCN1. The van der Waals surface area contributed by atoms with Crippen LogP contribution >= 0.6 is 0 Å².